The molecule has 1 saturated carbocycles. The summed E-state index contributed by atoms with van der Waals surface area (Å²) in [5.41, 5.74) is 13.3. The zero-order valence-electron chi connectivity index (χ0n) is 22.1. The lowest BCUT2D eigenvalue weighted by Gasteiger charge is -2.52. The molecule has 3 aliphatic rings. The van der Waals surface area contributed by atoms with E-state index < -0.39 is 5.41 Å². The number of guanidine groups is 1. The Bertz CT molecular complexity index is 910. The van der Waals surface area contributed by atoms with Gasteiger partial charge in [0.15, 0.2) is 5.96 Å². The summed E-state index contributed by atoms with van der Waals surface area (Å²) in [5, 5.41) is 3.46. The topological polar surface area (TPSA) is 106 Å². The Hall–Kier alpha value is -2.28. The molecule has 4 rings (SSSR count). The maximum Gasteiger partial charge on any atom is 0.233 e. The fraction of sp³-hybridized carbons (Fsp3) is 0.714. The summed E-state index contributed by atoms with van der Waals surface area (Å²) in [4.78, 5) is 20.8. The van der Waals surface area contributed by atoms with Gasteiger partial charge in [0.05, 0.1) is 24.1 Å². The number of piperidine rings is 1. The number of ether oxygens (including phenoxy) is 1. The number of aliphatic imine (C=N–C) groups is 1. The molecule has 194 valence electrons. The third-order valence-electron chi connectivity index (χ3n) is 8.53. The molecule has 1 aromatic rings. The van der Waals surface area contributed by atoms with Crippen molar-refractivity contribution in [1.82, 2.24) is 10.2 Å². The van der Waals surface area contributed by atoms with Gasteiger partial charge in [-0.25, -0.2) is 0 Å². The average molecular weight is 484 g/mol. The summed E-state index contributed by atoms with van der Waals surface area (Å²) in [6.07, 6.45) is 6.46. The number of hydrogen-bond donors (Lipinski definition) is 3. The highest BCUT2D eigenvalue weighted by atomic mass is 16.5. The van der Waals surface area contributed by atoms with Crippen LogP contribution in [0.5, 0.6) is 5.75 Å². The standard InChI is InChI=1S/C28H45N5O2/c1-18(2)20-5-7-21(8-6-20)25-23-17-22(35-19(3)4)9-10-24(23)28(11-13-31-14-12-28)26(34)33(25)16-15-32-27(29)30/h9-10,17-21,25,31H,5-8,11-16H2,1-4H3,(H4,29,30,32). The summed E-state index contributed by atoms with van der Waals surface area (Å²) >= 11 is 0. The van der Waals surface area contributed by atoms with Gasteiger partial charge in [0.25, 0.3) is 0 Å². The number of fused-ring (bicyclic) bond motifs is 2. The van der Waals surface area contributed by atoms with Gasteiger partial charge in [0.1, 0.15) is 5.75 Å². The van der Waals surface area contributed by atoms with Gasteiger partial charge in [0.2, 0.25) is 5.91 Å². The lowest BCUT2D eigenvalue weighted by molar-refractivity contribution is -0.145. The quantitative estimate of drug-likeness (QED) is 0.405. The van der Waals surface area contributed by atoms with E-state index in [4.69, 9.17) is 16.2 Å². The van der Waals surface area contributed by atoms with Crippen molar-refractivity contribution in [2.24, 2.45) is 34.2 Å². The maximum atomic E-state index is 14.4. The molecule has 2 heterocycles. The Kier molecular flexibility index (Phi) is 7.94. The van der Waals surface area contributed by atoms with Crippen LogP contribution >= 0.6 is 0 Å². The molecule has 2 aliphatic heterocycles. The first-order valence-corrected chi connectivity index (χ1v) is 13.6. The Morgan fingerprint density at radius 1 is 1.14 bits per heavy atom. The molecule has 1 amide bonds. The fourth-order valence-electron chi connectivity index (χ4n) is 6.75. The molecule has 0 bridgehead atoms. The molecule has 0 radical (unpaired) electrons. The number of benzene rings is 1. The maximum absolute atomic E-state index is 14.4. The summed E-state index contributed by atoms with van der Waals surface area (Å²) in [7, 11) is 0. The van der Waals surface area contributed by atoms with Crippen molar-refractivity contribution < 1.29 is 9.53 Å². The molecule has 1 unspecified atom stereocenters. The summed E-state index contributed by atoms with van der Waals surface area (Å²) < 4.78 is 6.14. The number of carbonyl (C=O) groups excluding carboxylic acids is 1. The predicted molar refractivity (Wildman–Crippen MR) is 141 cm³/mol. The number of rotatable bonds is 7. The third kappa shape index (κ3) is 5.30. The molecule has 35 heavy (non-hydrogen) atoms. The van der Waals surface area contributed by atoms with Gasteiger partial charge in [-0.3, -0.25) is 9.79 Å². The Labute approximate surface area is 211 Å². The van der Waals surface area contributed by atoms with Crippen molar-refractivity contribution in [3.05, 3.63) is 29.3 Å². The molecule has 1 saturated heterocycles. The van der Waals surface area contributed by atoms with Gasteiger partial charge in [-0.15, -0.1) is 0 Å². The van der Waals surface area contributed by atoms with E-state index in [9.17, 15) is 4.79 Å². The minimum absolute atomic E-state index is 0.0380. The summed E-state index contributed by atoms with van der Waals surface area (Å²) in [5.74, 6) is 3.13. The van der Waals surface area contributed by atoms with Gasteiger partial charge in [-0.05, 0) is 106 Å². The van der Waals surface area contributed by atoms with Crippen molar-refractivity contribution in [2.75, 3.05) is 26.2 Å². The van der Waals surface area contributed by atoms with Crippen LogP contribution in [0.4, 0.5) is 0 Å². The van der Waals surface area contributed by atoms with Crippen LogP contribution in [0.15, 0.2) is 23.2 Å². The van der Waals surface area contributed by atoms with E-state index in [0.29, 0.717) is 24.9 Å². The summed E-state index contributed by atoms with van der Waals surface area (Å²) in [6.45, 7) is 11.5. The van der Waals surface area contributed by atoms with E-state index in [2.05, 4.69) is 61.1 Å². The van der Waals surface area contributed by atoms with Crippen LogP contribution in [-0.4, -0.2) is 49.0 Å². The Morgan fingerprint density at radius 2 is 1.83 bits per heavy atom. The second kappa shape index (κ2) is 10.8. The Morgan fingerprint density at radius 3 is 2.43 bits per heavy atom. The van der Waals surface area contributed by atoms with E-state index >= 15 is 0 Å². The molecular formula is C28H45N5O2. The first kappa shape index (κ1) is 25.8. The molecule has 1 spiro atoms. The highest BCUT2D eigenvalue weighted by molar-refractivity contribution is 5.91. The van der Waals surface area contributed by atoms with Crippen molar-refractivity contribution in [2.45, 2.75) is 83.8 Å². The van der Waals surface area contributed by atoms with Crippen molar-refractivity contribution >= 4 is 11.9 Å². The van der Waals surface area contributed by atoms with Gasteiger partial charge in [-0.1, -0.05) is 19.9 Å². The predicted octanol–water partition coefficient (Wildman–Crippen LogP) is 3.71. The third-order valence-corrected chi connectivity index (χ3v) is 8.53. The largest absolute Gasteiger partial charge is 0.491 e. The number of amides is 1. The van der Waals surface area contributed by atoms with Gasteiger partial charge < -0.3 is 26.4 Å². The molecule has 1 aliphatic carbocycles. The van der Waals surface area contributed by atoms with E-state index in [1.165, 1.54) is 24.0 Å². The highest BCUT2D eigenvalue weighted by Crippen LogP contribution is 2.52. The van der Waals surface area contributed by atoms with E-state index in [1.54, 1.807) is 0 Å². The van der Waals surface area contributed by atoms with Crippen molar-refractivity contribution in [3.63, 3.8) is 0 Å². The second-order valence-corrected chi connectivity index (χ2v) is 11.4. The SMILES string of the molecule is CC(C)Oc1ccc2c(c1)C(C1CCC(C(C)C)CC1)N(CCN=C(N)N)C(=O)C21CCNCC1. The van der Waals surface area contributed by atoms with E-state index in [-0.39, 0.29) is 24.0 Å². The number of hydrogen-bond acceptors (Lipinski definition) is 4. The van der Waals surface area contributed by atoms with Crippen molar-refractivity contribution in [1.29, 1.82) is 0 Å². The summed E-state index contributed by atoms with van der Waals surface area (Å²) in [6, 6.07) is 6.53. The van der Waals surface area contributed by atoms with Gasteiger partial charge >= 0.3 is 0 Å². The van der Waals surface area contributed by atoms with Crippen LogP contribution in [0.25, 0.3) is 0 Å². The minimum atomic E-state index is -0.486. The number of nitrogens with two attached hydrogens (primary N) is 2. The first-order chi connectivity index (χ1) is 16.7. The number of nitrogens with zero attached hydrogens (tertiary/aromatic N) is 2. The first-order valence-electron chi connectivity index (χ1n) is 13.6. The van der Waals surface area contributed by atoms with Crippen LogP contribution in [0, 0.1) is 17.8 Å². The van der Waals surface area contributed by atoms with E-state index in [1.807, 2.05) is 0 Å². The monoisotopic (exact) mass is 483 g/mol. The fourth-order valence-corrected chi connectivity index (χ4v) is 6.75. The van der Waals surface area contributed by atoms with Gasteiger partial charge in [-0.2, -0.15) is 0 Å². The molecule has 5 N–H and O–H groups in total. The molecule has 1 aromatic carbocycles. The lowest BCUT2D eigenvalue weighted by Crippen LogP contribution is -2.58. The van der Waals surface area contributed by atoms with Crippen molar-refractivity contribution in [3.8, 4) is 5.75 Å². The van der Waals surface area contributed by atoms with E-state index in [0.717, 1.165) is 50.4 Å². The van der Waals surface area contributed by atoms with Crippen LogP contribution in [0.2, 0.25) is 0 Å². The average Bonchev–Trinajstić information content (AvgIpc) is 2.82. The molecule has 1 atom stereocenters. The van der Waals surface area contributed by atoms with Gasteiger partial charge in [0, 0.05) is 6.54 Å². The molecule has 7 heteroatoms. The number of nitrogens with one attached hydrogen (secondary N) is 1. The normalized spacial score (nSPS) is 26.2. The highest BCUT2D eigenvalue weighted by Gasteiger charge is 2.52. The molecule has 2 fully saturated rings. The molecular weight excluding hydrogens is 438 g/mol. The van der Waals surface area contributed by atoms with Crippen LogP contribution in [0.3, 0.4) is 0 Å². The Balaban J connectivity index is 1.78. The smallest absolute Gasteiger partial charge is 0.233 e. The lowest BCUT2D eigenvalue weighted by atomic mass is 9.63. The minimum Gasteiger partial charge on any atom is -0.491 e. The zero-order chi connectivity index (χ0) is 25.2. The van der Waals surface area contributed by atoms with Crippen LogP contribution < -0.4 is 21.5 Å². The number of carbonyl (C=O) groups is 1. The zero-order valence-corrected chi connectivity index (χ0v) is 22.1. The molecule has 0 aromatic heterocycles. The molecule has 7 nitrogen and oxygen atoms in total. The second-order valence-electron chi connectivity index (χ2n) is 11.4. The van der Waals surface area contributed by atoms with Crippen LogP contribution in [0.1, 0.15) is 83.4 Å². The van der Waals surface area contributed by atoms with Crippen LogP contribution in [-0.2, 0) is 10.2 Å².